The van der Waals surface area contributed by atoms with Crippen LogP contribution in [-0.2, 0) is 13.1 Å². The highest BCUT2D eigenvalue weighted by molar-refractivity contribution is 5.48. The fourth-order valence-electron chi connectivity index (χ4n) is 1.90. The molecule has 0 amide bonds. The molecule has 3 heteroatoms. The van der Waals surface area contributed by atoms with Gasteiger partial charge >= 0.3 is 0 Å². The summed E-state index contributed by atoms with van der Waals surface area (Å²) in [6.07, 6.45) is 6.99. The van der Waals surface area contributed by atoms with Gasteiger partial charge in [-0.1, -0.05) is 6.92 Å². The van der Waals surface area contributed by atoms with Crippen LogP contribution in [0.4, 0.5) is 5.69 Å². The lowest BCUT2D eigenvalue weighted by atomic mass is 10.2. The number of nitrogens with zero attached hydrogens (tertiary/aromatic N) is 2. The topological polar surface area (TPSA) is 29.9 Å². The largest absolute Gasteiger partial charge is 0.378 e. The Labute approximate surface area is 103 Å². The van der Waals surface area contributed by atoms with Crippen molar-refractivity contribution >= 4 is 5.69 Å². The molecular formula is C14H19N3. The SMILES string of the molecule is CCCn1cccc1CNc1cnccc1C. The molecule has 2 aromatic rings. The second-order valence-electron chi connectivity index (χ2n) is 4.24. The maximum absolute atomic E-state index is 4.13. The van der Waals surface area contributed by atoms with Crippen LogP contribution >= 0.6 is 0 Å². The van der Waals surface area contributed by atoms with Gasteiger partial charge in [0, 0.05) is 24.6 Å². The Kier molecular flexibility index (Phi) is 3.81. The van der Waals surface area contributed by atoms with Gasteiger partial charge in [-0.3, -0.25) is 4.98 Å². The van der Waals surface area contributed by atoms with Crippen molar-refractivity contribution in [3.05, 3.63) is 48.0 Å². The predicted octanol–water partition coefficient (Wildman–Crippen LogP) is 3.21. The maximum Gasteiger partial charge on any atom is 0.0559 e. The Morgan fingerprint density at radius 3 is 3.00 bits per heavy atom. The third-order valence-corrected chi connectivity index (χ3v) is 2.89. The molecule has 2 rings (SSSR count). The quantitative estimate of drug-likeness (QED) is 0.853. The van der Waals surface area contributed by atoms with Crippen molar-refractivity contribution in [2.24, 2.45) is 0 Å². The first-order chi connectivity index (χ1) is 8.31. The minimum absolute atomic E-state index is 0.847. The summed E-state index contributed by atoms with van der Waals surface area (Å²) in [5.41, 5.74) is 3.65. The molecule has 0 spiro atoms. The van der Waals surface area contributed by atoms with Crippen molar-refractivity contribution in [3.8, 4) is 0 Å². The van der Waals surface area contributed by atoms with Gasteiger partial charge in [-0.25, -0.2) is 0 Å². The predicted molar refractivity (Wildman–Crippen MR) is 71.0 cm³/mol. The Hall–Kier alpha value is -1.77. The first kappa shape index (κ1) is 11.7. The highest BCUT2D eigenvalue weighted by Gasteiger charge is 2.01. The van der Waals surface area contributed by atoms with Gasteiger partial charge in [0.05, 0.1) is 18.4 Å². The van der Waals surface area contributed by atoms with E-state index in [1.807, 2.05) is 18.5 Å². The van der Waals surface area contributed by atoms with Gasteiger partial charge in [0.15, 0.2) is 0 Å². The average molecular weight is 229 g/mol. The minimum Gasteiger partial charge on any atom is -0.378 e. The number of anilines is 1. The van der Waals surface area contributed by atoms with Crippen LogP contribution in [0.15, 0.2) is 36.8 Å². The standard InChI is InChI=1S/C14H19N3/c1-3-8-17-9-4-5-13(17)10-16-14-11-15-7-6-12(14)2/h4-7,9,11,16H,3,8,10H2,1-2H3. The van der Waals surface area contributed by atoms with Crippen molar-refractivity contribution in [3.63, 3.8) is 0 Å². The monoisotopic (exact) mass is 229 g/mol. The van der Waals surface area contributed by atoms with Crippen LogP contribution in [0.2, 0.25) is 0 Å². The molecule has 0 fully saturated rings. The molecule has 2 aromatic heterocycles. The Morgan fingerprint density at radius 1 is 1.35 bits per heavy atom. The zero-order valence-electron chi connectivity index (χ0n) is 10.5. The summed E-state index contributed by atoms with van der Waals surface area (Å²) in [4.78, 5) is 4.13. The molecule has 2 heterocycles. The third kappa shape index (κ3) is 2.87. The van der Waals surface area contributed by atoms with Crippen molar-refractivity contribution < 1.29 is 0 Å². The van der Waals surface area contributed by atoms with Crippen LogP contribution in [0.5, 0.6) is 0 Å². The highest BCUT2D eigenvalue weighted by atomic mass is 15.0. The first-order valence-electron chi connectivity index (χ1n) is 6.09. The van der Waals surface area contributed by atoms with E-state index in [-0.39, 0.29) is 0 Å². The molecule has 3 nitrogen and oxygen atoms in total. The fourth-order valence-corrected chi connectivity index (χ4v) is 1.90. The molecule has 0 unspecified atom stereocenters. The molecule has 90 valence electrons. The molecule has 0 aliphatic carbocycles. The lowest BCUT2D eigenvalue weighted by molar-refractivity contribution is 0.654. The van der Waals surface area contributed by atoms with E-state index in [9.17, 15) is 0 Å². The number of hydrogen-bond acceptors (Lipinski definition) is 2. The van der Waals surface area contributed by atoms with Crippen molar-refractivity contribution in [2.45, 2.75) is 33.4 Å². The molecule has 0 radical (unpaired) electrons. The van der Waals surface area contributed by atoms with E-state index in [0.29, 0.717) is 0 Å². The second-order valence-corrected chi connectivity index (χ2v) is 4.24. The normalized spacial score (nSPS) is 10.5. The molecule has 0 saturated heterocycles. The van der Waals surface area contributed by atoms with Gasteiger partial charge in [0.1, 0.15) is 0 Å². The van der Waals surface area contributed by atoms with Crippen LogP contribution in [0.1, 0.15) is 24.6 Å². The van der Waals surface area contributed by atoms with Gasteiger partial charge in [-0.05, 0) is 37.1 Å². The number of rotatable bonds is 5. The van der Waals surface area contributed by atoms with Crippen LogP contribution in [0, 0.1) is 6.92 Å². The summed E-state index contributed by atoms with van der Waals surface area (Å²) in [6.45, 7) is 6.22. The Morgan fingerprint density at radius 2 is 2.24 bits per heavy atom. The van der Waals surface area contributed by atoms with E-state index < -0.39 is 0 Å². The number of aryl methyl sites for hydroxylation is 2. The molecular weight excluding hydrogens is 210 g/mol. The molecule has 0 aromatic carbocycles. The van der Waals surface area contributed by atoms with Crippen LogP contribution in [-0.4, -0.2) is 9.55 Å². The van der Waals surface area contributed by atoms with Gasteiger partial charge in [-0.2, -0.15) is 0 Å². The van der Waals surface area contributed by atoms with Crippen LogP contribution in [0.25, 0.3) is 0 Å². The van der Waals surface area contributed by atoms with Crippen molar-refractivity contribution in [1.29, 1.82) is 0 Å². The molecule has 0 saturated carbocycles. The lowest BCUT2D eigenvalue weighted by Gasteiger charge is -2.11. The Balaban J connectivity index is 2.02. The van der Waals surface area contributed by atoms with E-state index in [1.54, 1.807) is 0 Å². The summed E-state index contributed by atoms with van der Waals surface area (Å²) in [5, 5.41) is 3.43. The van der Waals surface area contributed by atoms with Gasteiger partial charge in [0.25, 0.3) is 0 Å². The number of nitrogens with one attached hydrogen (secondary N) is 1. The first-order valence-corrected chi connectivity index (χ1v) is 6.09. The third-order valence-electron chi connectivity index (χ3n) is 2.89. The number of pyridine rings is 1. The van der Waals surface area contributed by atoms with Crippen LogP contribution in [0.3, 0.4) is 0 Å². The van der Waals surface area contributed by atoms with Crippen molar-refractivity contribution in [2.75, 3.05) is 5.32 Å². The molecule has 0 aliphatic heterocycles. The minimum atomic E-state index is 0.847. The summed E-state index contributed by atoms with van der Waals surface area (Å²) < 4.78 is 2.29. The summed E-state index contributed by atoms with van der Waals surface area (Å²) in [6, 6.07) is 6.28. The second kappa shape index (κ2) is 5.53. The van der Waals surface area contributed by atoms with E-state index in [0.717, 1.165) is 25.2 Å². The smallest absolute Gasteiger partial charge is 0.0559 e. The zero-order valence-corrected chi connectivity index (χ0v) is 10.5. The fraction of sp³-hybridized carbons (Fsp3) is 0.357. The summed E-state index contributed by atoms with van der Waals surface area (Å²) >= 11 is 0. The van der Waals surface area contributed by atoms with Gasteiger partial charge < -0.3 is 9.88 Å². The lowest BCUT2D eigenvalue weighted by Crippen LogP contribution is -2.07. The molecule has 1 N–H and O–H groups in total. The van der Waals surface area contributed by atoms with Crippen molar-refractivity contribution in [1.82, 2.24) is 9.55 Å². The van der Waals surface area contributed by atoms with E-state index in [4.69, 9.17) is 0 Å². The zero-order chi connectivity index (χ0) is 12.1. The molecule has 17 heavy (non-hydrogen) atoms. The number of hydrogen-bond donors (Lipinski definition) is 1. The van der Waals surface area contributed by atoms with Gasteiger partial charge in [-0.15, -0.1) is 0 Å². The molecule has 0 atom stereocenters. The van der Waals surface area contributed by atoms with E-state index >= 15 is 0 Å². The van der Waals surface area contributed by atoms with Gasteiger partial charge in [0.2, 0.25) is 0 Å². The Bertz CT molecular complexity index is 474. The van der Waals surface area contributed by atoms with Crippen LogP contribution < -0.4 is 5.32 Å². The summed E-state index contributed by atoms with van der Waals surface area (Å²) in [7, 11) is 0. The average Bonchev–Trinajstić information content (AvgIpc) is 2.76. The molecule has 0 bridgehead atoms. The summed E-state index contributed by atoms with van der Waals surface area (Å²) in [5.74, 6) is 0. The van der Waals surface area contributed by atoms with E-state index in [1.165, 1.54) is 11.3 Å². The highest BCUT2D eigenvalue weighted by Crippen LogP contribution is 2.13. The van der Waals surface area contributed by atoms with E-state index in [2.05, 4.69) is 47.0 Å². The maximum atomic E-state index is 4.13. The molecule has 0 aliphatic rings. The number of aromatic nitrogens is 2.